The molecule has 0 radical (unpaired) electrons. The van der Waals surface area contributed by atoms with E-state index < -0.39 is 24.0 Å². The molecular formula is C28H28N2O5. The minimum Gasteiger partial charge on any atom is -0.478 e. The van der Waals surface area contributed by atoms with Crippen LogP contribution in [-0.4, -0.2) is 35.7 Å². The molecule has 4 rings (SSSR count). The van der Waals surface area contributed by atoms with Crippen molar-refractivity contribution in [2.24, 2.45) is 5.92 Å². The van der Waals surface area contributed by atoms with Crippen molar-refractivity contribution < 1.29 is 24.2 Å². The fraction of sp³-hybridized carbons (Fsp3) is 0.250. The number of ether oxygens (including phenoxy) is 1. The molecule has 3 N–H and O–H groups in total. The first-order chi connectivity index (χ1) is 16.8. The number of carbonyl (C=O) groups excluding carboxylic acids is 2. The van der Waals surface area contributed by atoms with E-state index in [2.05, 4.69) is 22.8 Å². The van der Waals surface area contributed by atoms with Gasteiger partial charge in [0.2, 0.25) is 5.91 Å². The minimum atomic E-state index is -1.04. The maximum atomic E-state index is 12.9. The van der Waals surface area contributed by atoms with Gasteiger partial charge in [-0.25, -0.2) is 9.59 Å². The van der Waals surface area contributed by atoms with Crippen LogP contribution < -0.4 is 10.6 Å². The second-order valence-electron chi connectivity index (χ2n) is 9.02. The van der Waals surface area contributed by atoms with Crippen LogP contribution in [-0.2, 0) is 9.53 Å². The standard InChI is InChI=1S/C28H28N2O5/c1-17(2)15-25(26(31)29-19-13-11-18(12-14-19)27(32)33)30-28(34)35-16-24-22-9-5-3-7-20(22)21-8-4-6-10-23(21)24/h3-14,17,24-25H,15-16H2,1-2H3,(H,29,31)(H,30,34)(H,32,33)/t25-/m1/s1. The van der Waals surface area contributed by atoms with Gasteiger partial charge < -0.3 is 20.5 Å². The molecule has 0 unspecified atom stereocenters. The van der Waals surface area contributed by atoms with Gasteiger partial charge in [-0.1, -0.05) is 62.4 Å². The van der Waals surface area contributed by atoms with Crippen molar-refractivity contribution in [3.05, 3.63) is 89.5 Å². The maximum absolute atomic E-state index is 12.9. The highest BCUT2D eigenvalue weighted by Gasteiger charge is 2.30. The Morgan fingerprint density at radius 3 is 2.00 bits per heavy atom. The SMILES string of the molecule is CC(C)C[C@@H](NC(=O)OCC1c2ccccc2-c2ccccc21)C(=O)Nc1ccc(C(=O)O)cc1. The molecule has 3 aromatic rings. The highest BCUT2D eigenvalue weighted by molar-refractivity contribution is 5.97. The van der Waals surface area contributed by atoms with Gasteiger partial charge in [0.1, 0.15) is 12.6 Å². The number of carboxylic acid groups (broad SMARTS) is 1. The van der Waals surface area contributed by atoms with Crippen molar-refractivity contribution in [3.63, 3.8) is 0 Å². The van der Waals surface area contributed by atoms with E-state index in [0.29, 0.717) is 12.1 Å². The Morgan fingerprint density at radius 2 is 1.46 bits per heavy atom. The van der Waals surface area contributed by atoms with E-state index in [1.54, 1.807) is 0 Å². The first-order valence-electron chi connectivity index (χ1n) is 11.6. The van der Waals surface area contributed by atoms with Gasteiger partial charge in [-0.05, 0) is 58.9 Å². The van der Waals surface area contributed by atoms with E-state index in [-0.39, 0.29) is 24.0 Å². The van der Waals surface area contributed by atoms with Gasteiger partial charge in [0, 0.05) is 11.6 Å². The molecule has 0 heterocycles. The second kappa shape index (κ2) is 10.4. The van der Waals surface area contributed by atoms with Crippen molar-refractivity contribution in [1.29, 1.82) is 0 Å². The van der Waals surface area contributed by atoms with Gasteiger partial charge in [0.25, 0.3) is 0 Å². The lowest BCUT2D eigenvalue weighted by molar-refractivity contribution is -0.118. The molecule has 0 saturated carbocycles. The van der Waals surface area contributed by atoms with Crippen molar-refractivity contribution in [1.82, 2.24) is 5.32 Å². The average molecular weight is 473 g/mol. The third-order valence-electron chi connectivity index (χ3n) is 6.06. The lowest BCUT2D eigenvalue weighted by Gasteiger charge is -2.21. The average Bonchev–Trinajstić information content (AvgIpc) is 3.16. The summed E-state index contributed by atoms with van der Waals surface area (Å²) < 4.78 is 5.60. The number of benzene rings is 3. The first-order valence-corrected chi connectivity index (χ1v) is 11.6. The van der Waals surface area contributed by atoms with Crippen LogP contribution in [0, 0.1) is 5.92 Å². The Hall–Kier alpha value is -4.13. The lowest BCUT2D eigenvalue weighted by Crippen LogP contribution is -2.45. The summed E-state index contributed by atoms with van der Waals surface area (Å²) in [6.45, 7) is 4.08. The van der Waals surface area contributed by atoms with Crippen molar-refractivity contribution >= 4 is 23.7 Å². The molecule has 0 aromatic heterocycles. The third-order valence-corrected chi connectivity index (χ3v) is 6.06. The molecule has 7 heteroatoms. The number of fused-ring (bicyclic) bond motifs is 3. The highest BCUT2D eigenvalue weighted by Crippen LogP contribution is 2.44. The molecular weight excluding hydrogens is 444 g/mol. The van der Waals surface area contributed by atoms with Crippen LogP contribution in [0.1, 0.15) is 47.7 Å². The number of carbonyl (C=O) groups is 3. The predicted molar refractivity (Wildman–Crippen MR) is 133 cm³/mol. The number of hydrogen-bond acceptors (Lipinski definition) is 4. The quantitative estimate of drug-likeness (QED) is 0.414. The van der Waals surface area contributed by atoms with Crippen LogP contribution in [0.3, 0.4) is 0 Å². The van der Waals surface area contributed by atoms with E-state index in [0.717, 1.165) is 22.3 Å². The number of hydrogen-bond donors (Lipinski definition) is 3. The number of rotatable bonds is 8. The van der Waals surface area contributed by atoms with Crippen LogP contribution in [0.15, 0.2) is 72.8 Å². The summed E-state index contributed by atoms with van der Waals surface area (Å²) in [7, 11) is 0. The zero-order valence-corrected chi connectivity index (χ0v) is 19.7. The van der Waals surface area contributed by atoms with Gasteiger partial charge in [0.05, 0.1) is 5.56 Å². The molecule has 2 amide bonds. The van der Waals surface area contributed by atoms with Crippen molar-refractivity contribution in [3.8, 4) is 11.1 Å². The second-order valence-corrected chi connectivity index (χ2v) is 9.02. The summed E-state index contributed by atoms with van der Waals surface area (Å²) in [6.07, 6.45) is -0.239. The minimum absolute atomic E-state index is 0.0710. The number of anilines is 1. The molecule has 0 aliphatic heterocycles. The van der Waals surface area contributed by atoms with Gasteiger partial charge in [0.15, 0.2) is 0 Å². The van der Waals surface area contributed by atoms with E-state index in [1.165, 1.54) is 24.3 Å². The van der Waals surface area contributed by atoms with E-state index >= 15 is 0 Å². The Balaban J connectivity index is 1.41. The Labute approximate surface area is 204 Å². The van der Waals surface area contributed by atoms with Crippen molar-refractivity contribution in [2.75, 3.05) is 11.9 Å². The zero-order chi connectivity index (χ0) is 24.9. The Morgan fingerprint density at radius 1 is 0.886 bits per heavy atom. The summed E-state index contributed by atoms with van der Waals surface area (Å²) in [5, 5.41) is 14.5. The fourth-order valence-electron chi connectivity index (χ4n) is 4.41. The molecule has 0 fully saturated rings. The molecule has 35 heavy (non-hydrogen) atoms. The van der Waals surface area contributed by atoms with E-state index in [1.807, 2.05) is 50.2 Å². The molecule has 180 valence electrons. The number of aromatic carboxylic acids is 1. The smallest absolute Gasteiger partial charge is 0.407 e. The molecule has 1 aliphatic rings. The van der Waals surface area contributed by atoms with Crippen LogP contribution in [0.5, 0.6) is 0 Å². The lowest BCUT2D eigenvalue weighted by atomic mass is 9.98. The van der Waals surface area contributed by atoms with Crippen LogP contribution in [0.25, 0.3) is 11.1 Å². The van der Waals surface area contributed by atoms with Gasteiger partial charge in [-0.15, -0.1) is 0 Å². The van der Waals surface area contributed by atoms with Crippen LogP contribution in [0.2, 0.25) is 0 Å². The fourth-order valence-corrected chi connectivity index (χ4v) is 4.41. The highest BCUT2D eigenvalue weighted by atomic mass is 16.5. The topological polar surface area (TPSA) is 105 Å². The van der Waals surface area contributed by atoms with Gasteiger partial charge in [-0.3, -0.25) is 4.79 Å². The predicted octanol–water partition coefficient (Wildman–Crippen LogP) is 5.28. The number of alkyl carbamates (subject to hydrolysis) is 1. The third kappa shape index (κ3) is 5.51. The zero-order valence-electron chi connectivity index (χ0n) is 19.7. The summed E-state index contributed by atoms with van der Waals surface area (Å²) in [6, 6.07) is 21.2. The Kier molecular flexibility index (Phi) is 7.15. The Bertz CT molecular complexity index is 1190. The van der Waals surface area contributed by atoms with Crippen LogP contribution in [0.4, 0.5) is 10.5 Å². The molecule has 0 spiro atoms. The summed E-state index contributed by atoms with van der Waals surface area (Å²) in [5.41, 5.74) is 5.08. The number of nitrogens with one attached hydrogen (secondary N) is 2. The normalized spacial score (nSPS) is 13.0. The van der Waals surface area contributed by atoms with Gasteiger partial charge >= 0.3 is 12.1 Å². The molecule has 0 saturated heterocycles. The molecule has 3 aromatic carbocycles. The maximum Gasteiger partial charge on any atom is 0.407 e. The molecule has 0 bridgehead atoms. The molecule has 1 atom stereocenters. The largest absolute Gasteiger partial charge is 0.478 e. The van der Waals surface area contributed by atoms with E-state index in [4.69, 9.17) is 9.84 Å². The number of carboxylic acids is 1. The molecule has 1 aliphatic carbocycles. The van der Waals surface area contributed by atoms with Crippen molar-refractivity contribution in [2.45, 2.75) is 32.2 Å². The summed E-state index contributed by atoms with van der Waals surface area (Å²) in [4.78, 5) is 36.6. The van der Waals surface area contributed by atoms with E-state index in [9.17, 15) is 14.4 Å². The van der Waals surface area contributed by atoms with Gasteiger partial charge in [-0.2, -0.15) is 0 Å². The summed E-state index contributed by atoms with van der Waals surface area (Å²) >= 11 is 0. The first kappa shape index (κ1) is 24.0. The van der Waals surface area contributed by atoms with Crippen LogP contribution >= 0.6 is 0 Å². The summed E-state index contributed by atoms with van der Waals surface area (Å²) in [5.74, 6) is -1.36. The molecule has 7 nitrogen and oxygen atoms in total. The monoisotopic (exact) mass is 472 g/mol. The number of amides is 2.